The molecule has 3 aromatic heterocycles. The summed E-state index contributed by atoms with van der Waals surface area (Å²) in [7, 11) is 0. The van der Waals surface area contributed by atoms with E-state index in [1.165, 1.54) is 5.56 Å². The van der Waals surface area contributed by atoms with Crippen LogP contribution in [0.3, 0.4) is 0 Å². The van der Waals surface area contributed by atoms with E-state index in [0.717, 1.165) is 31.8 Å². The first-order valence-electron chi connectivity index (χ1n) is 8.64. The molecule has 0 aromatic carbocycles. The van der Waals surface area contributed by atoms with E-state index >= 15 is 0 Å². The van der Waals surface area contributed by atoms with Crippen molar-refractivity contribution in [2.45, 2.75) is 25.3 Å². The Kier molecular flexibility index (Phi) is 4.33. The van der Waals surface area contributed by atoms with Gasteiger partial charge in [-0.2, -0.15) is 0 Å². The number of pyridine rings is 1. The van der Waals surface area contributed by atoms with Crippen molar-refractivity contribution in [3.05, 3.63) is 72.3 Å². The van der Waals surface area contributed by atoms with Gasteiger partial charge in [-0.05, 0) is 42.7 Å². The number of carbonyl (C=O) groups excluding carboxylic acids is 1. The zero-order valence-electron chi connectivity index (χ0n) is 14.0. The van der Waals surface area contributed by atoms with Gasteiger partial charge in [0.05, 0.1) is 0 Å². The Morgan fingerprint density at radius 2 is 2.12 bits per heavy atom. The first kappa shape index (κ1) is 15.6. The number of nitrogens with zero attached hydrogens (tertiary/aromatic N) is 4. The molecule has 6 nitrogen and oxygen atoms in total. The van der Waals surface area contributed by atoms with Gasteiger partial charge >= 0.3 is 0 Å². The minimum absolute atomic E-state index is 0.0712. The highest BCUT2D eigenvalue weighted by Crippen LogP contribution is 2.27. The highest BCUT2D eigenvalue weighted by molar-refractivity contribution is 5.92. The molecule has 1 aliphatic rings. The van der Waals surface area contributed by atoms with Gasteiger partial charge in [-0.3, -0.25) is 9.78 Å². The molecule has 4 heterocycles. The summed E-state index contributed by atoms with van der Waals surface area (Å²) in [6.45, 7) is 2.30. The number of hydrogen-bond acceptors (Lipinski definition) is 3. The zero-order valence-corrected chi connectivity index (χ0v) is 14.0. The number of amides is 1. The number of imidazole rings is 1. The van der Waals surface area contributed by atoms with E-state index in [9.17, 15) is 4.79 Å². The highest BCUT2D eigenvalue weighted by atomic mass is 16.2. The number of rotatable bonds is 4. The molecule has 128 valence electrons. The molecule has 1 amide bonds. The molecule has 1 aliphatic heterocycles. The number of hydrogen-bond donors (Lipinski definition) is 1. The summed E-state index contributed by atoms with van der Waals surface area (Å²) in [5.74, 6) is 1.40. The summed E-state index contributed by atoms with van der Waals surface area (Å²) in [6, 6.07) is 7.73. The van der Waals surface area contributed by atoms with Gasteiger partial charge in [-0.25, -0.2) is 4.98 Å². The van der Waals surface area contributed by atoms with Crippen molar-refractivity contribution in [1.82, 2.24) is 24.4 Å². The average molecular weight is 335 g/mol. The number of H-pyrrole nitrogens is 1. The van der Waals surface area contributed by atoms with Crippen LogP contribution in [-0.4, -0.2) is 43.4 Å². The van der Waals surface area contributed by atoms with E-state index in [1.54, 1.807) is 6.20 Å². The van der Waals surface area contributed by atoms with Gasteiger partial charge in [0, 0.05) is 56.5 Å². The van der Waals surface area contributed by atoms with Crippen molar-refractivity contribution in [2.24, 2.45) is 0 Å². The molecule has 4 rings (SSSR count). The zero-order chi connectivity index (χ0) is 17.1. The summed E-state index contributed by atoms with van der Waals surface area (Å²) in [5.41, 5.74) is 1.85. The van der Waals surface area contributed by atoms with Gasteiger partial charge < -0.3 is 14.5 Å². The number of aromatic nitrogens is 4. The second kappa shape index (κ2) is 6.93. The van der Waals surface area contributed by atoms with E-state index < -0.39 is 0 Å². The lowest BCUT2D eigenvalue weighted by Gasteiger charge is -2.32. The second-order valence-electron chi connectivity index (χ2n) is 6.44. The molecule has 0 spiro atoms. The lowest BCUT2D eigenvalue weighted by molar-refractivity contribution is 0.0698. The predicted octanol–water partition coefficient (Wildman–Crippen LogP) is 2.67. The van der Waals surface area contributed by atoms with Crippen molar-refractivity contribution >= 4 is 5.91 Å². The number of aromatic amines is 1. The minimum Gasteiger partial charge on any atom is -0.357 e. The van der Waals surface area contributed by atoms with Crippen molar-refractivity contribution in [2.75, 3.05) is 13.1 Å². The van der Waals surface area contributed by atoms with Crippen LogP contribution in [0, 0.1) is 0 Å². The molecule has 3 aromatic rings. The van der Waals surface area contributed by atoms with Crippen LogP contribution >= 0.6 is 0 Å². The van der Waals surface area contributed by atoms with Crippen LogP contribution in [0.15, 0.2) is 55.2 Å². The van der Waals surface area contributed by atoms with Gasteiger partial charge in [-0.15, -0.1) is 0 Å². The molecule has 1 saturated heterocycles. The van der Waals surface area contributed by atoms with Crippen LogP contribution in [0.2, 0.25) is 0 Å². The van der Waals surface area contributed by atoms with Crippen LogP contribution in [0.4, 0.5) is 0 Å². The fraction of sp³-hybridized carbons (Fsp3) is 0.316. The summed E-state index contributed by atoms with van der Waals surface area (Å²) in [6.07, 6.45) is 11.3. The minimum atomic E-state index is 0.0712. The molecule has 0 saturated carbocycles. The van der Waals surface area contributed by atoms with Gasteiger partial charge in [-0.1, -0.05) is 0 Å². The van der Waals surface area contributed by atoms with Gasteiger partial charge in [0.15, 0.2) is 0 Å². The average Bonchev–Trinajstić information content (AvgIpc) is 3.34. The topological polar surface area (TPSA) is 66.8 Å². The maximum absolute atomic E-state index is 12.6. The summed E-state index contributed by atoms with van der Waals surface area (Å²) in [4.78, 5) is 26.2. The Bertz CT molecular complexity index is 825. The van der Waals surface area contributed by atoms with Crippen LogP contribution < -0.4 is 0 Å². The molecule has 6 heteroatoms. The first-order chi connectivity index (χ1) is 12.3. The quantitative estimate of drug-likeness (QED) is 0.797. The lowest BCUT2D eigenvalue weighted by Crippen LogP contribution is -2.40. The number of carbonyl (C=O) groups is 1. The van der Waals surface area contributed by atoms with E-state index in [4.69, 9.17) is 0 Å². The monoisotopic (exact) mass is 335 g/mol. The molecule has 1 unspecified atom stereocenters. The lowest BCUT2D eigenvalue weighted by atomic mass is 9.96. The van der Waals surface area contributed by atoms with E-state index in [1.807, 2.05) is 54.0 Å². The molecular formula is C19H21N5O. The SMILES string of the molecule is O=C(c1ccc[nH]1)N1CCCC(c2nccn2Cc2ccncc2)C1. The Morgan fingerprint density at radius 1 is 1.24 bits per heavy atom. The van der Waals surface area contributed by atoms with E-state index in [-0.39, 0.29) is 11.8 Å². The third-order valence-corrected chi connectivity index (χ3v) is 4.75. The fourth-order valence-electron chi connectivity index (χ4n) is 3.51. The van der Waals surface area contributed by atoms with E-state index in [2.05, 4.69) is 19.5 Å². The van der Waals surface area contributed by atoms with Crippen molar-refractivity contribution < 1.29 is 4.79 Å². The summed E-state index contributed by atoms with van der Waals surface area (Å²) < 4.78 is 2.18. The first-order valence-corrected chi connectivity index (χ1v) is 8.64. The summed E-state index contributed by atoms with van der Waals surface area (Å²) in [5, 5.41) is 0. The molecular weight excluding hydrogens is 314 g/mol. The second-order valence-corrected chi connectivity index (χ2v) is 6.44. The molecule has 0 aliphatic carbocycles. The Morgan fingerprint density at radius 3 is 2.92 bits per heavy atom. The summed E-state index contributed by atoms with van der Waals surface area (Å²) >= 11 is 0. The normalized spacial score (nSPS) is 17.6. The van der Waals surface area contributed by atoms with Crippen LogP contribution in [0.5, 0.6) is 0 Å². The van der Waals surface area contributed by atoms with Crippen LogP contribution in [-0.2, 0) is 6.54 Å². The van der Waals surface area contributed by atoms with Crippen molar-refractivity contribution in [3.63, 3.8) is 0 Å². The van der Waals surface area contributed by atoms with Crippen molar-refractivity contribution in [3.8, 4) is 0 Å². The Balaban J connectivity index is 1.50. The smallest absolute Gasteiger partial charge is 0.270 e. The fourth-order valence-corrected chi connectivity index (χ4v) is 3.51. The third-order valence-electron chi connectivity index (χ3n) is 4.75. The molecule has 25 heavy (non-hydrogen) atoms. The number of likely N-dealkylation sites (tertiary alicyclic amines) is 1. The van der Waals surface area contributed by atoms with Gasteiger partial charge in [0.25, 0.3) is 5.91 Å². The number of piperidine rings is 1. The van der Waals surface area contributed by atoms with Crippen LogP contribution in [0.1, 0.15) is 40.6 Å². The van der Waals surface area contributed by atoms with Crippen LogP contribution in [0.25, 0.3) is 0 Å². The molecule has 0 bridgehead atoms. The largest absolute Gasteiger partial charge is 0.357 e. The van der Waals surface area contributed by atoms with E-state index in [0.29, 0.717) is 12.2 Å². The molecule has 1 fully saturated rings. The Hall–Kier alpha value is -2.89. The van der Waals surface area contributed by atoms with Crippen molar-refractivity contribution in [1.29, 1.82) is 0 Å². The standard InChI is InChI=1S/C19H21N5O/c25-19(17-4-1-7-21-17)24-11-2-3-16(14-24)18-22-10-12-23(18)13-15-5-8-20-9-6-15/h1,4-10,12,16,21H,2-3,11,13-14H2. The molecule has 1 N–H and O–H groups in total. The molecule has 1 atom stereocenters. The molecule has 0 radical (unpaired) electrons. The highest BCUT2D eigenvalue weighted by Gasteiger charge is 2.28. The predicted molar refractivity (Wildman–Crippen MR) is 94.2 cm³/mol. The van der Waals surface area contributed by atoms with Gasteiger partial charge in [0.2, 0.25) is 0 Å². The third kappa shape index (κ3) is 3.33. The number of nitrogens with one attached hydrogen (secondary N) is 1. The maximum atomic E-state index is 12.6. The Labute approximate surface area is 146 Å². The maximum Gasteiger partial charge on any atom is 0.270 e. The van der Waals surface area contributed by atoms with Gasteiger partial charge in [0.1, 0.15) is 11.5 Å².